The highest BCUT2D eigenvalue weighted by molar-refractivity contribution is 6.02. The van der Waals surface area contributed by atoms with E-state index in [9.17, 15) is 34.8 Å². The minimum absolute atomic E-state index is 0.0317. The van der Waals surface area contributed by atoms with Gasteiger partial charge in [0.1, 0.15) is 23.1 Å². The lowest BCUT2D eigenvalue weighted by atomic mass is 9.43. The van der Waals surface area contributed by atoms with Gasteiger partial charge in [-0.3, -0.25) is 9.59 Å². The summed E-state index contributed by atoms with van der Waals surface area (Å²) in [4.78, 5) is 37.7. The number of carbonyl (C=O) groups excluding carboxylic acids is 2. The van der Waals surface area contributed by atoms with Crippen molar-refractivity contribution in [2.45, 2.75) is 90.2 Å². The summed E-state index contributed by atoms with van der Waals surface area (Å²) in [5.74, 6) is -2.43. The molecule has 0 bridgehead atoms. The third kappa shape index (κ3) is 3.34. The smallest absolute Gasteiger partial charge is 0.326 e. The van der Waals surface area contributed by atoms with Crippen LogP contribution in [0, 0.1) is 22.7 Å². The maximum Gasteiger partial charge on any atom is 0.326 e. The first-order chi connectivity index (χ1) is 17.2. The van der Waals surface area contributed by atoms with Crippen LogP contribution in [0.3, 0.4) is 0 Å². The molecule has 1 aromatic carbocycles. The summed E-state index contributed by atoms with van der Waals surface area (Å²) in [5.41, 5.74) is 4.51. The van der Waals surface area contributed by atoms with E-state index in [2.05, 4.69) is 13.8 Å². The monoisotopic (exact) mass is 516 g/mol. The topological polar surface area (TPSA) is 171 Å². The molecule has 10 nitrogen and oxygen atoms in total. The number of aliphatic hydroxyl groups excluding tert-OH is 2. The Labute approximate surface area is 215 Å². The number of nitrogens with zero attached hydrogens (tertiary/aromatic N) is 1. The molecule has 2 fully saturated rings. The molecule has 37 heavy (non-hydrogen) atoms. The largest absolute Gasteiger partial charge is 0.508 e. The number of aliphatic carboxylic acids is 1. The van der Waals surface area contributed by atoms with Crippen LogP contribution >= 0.6 is 0 Å². The predicted molar refractivity (Wildman–Crippen MR) is 131 cm³/mol. The second-order valence-corrected chi connectivity index (χ2v) is 12.3. The van der Waals surface area contributed by atoms with Gasteiger partial charge in [-0.1, -0.05) is 27.7 Å². The molecule has 2 amide bonds. The molecule has 10 heteroatoms. The van der Waals surface area contributed by atoms with E-state index in [0.29, 0.717) is 29.7 Å². The highest BCUT2D eigenvalue weighted by Crippen LogP contribution is 2.67. The second kappa shape index (κ2) is 8.07. The number of carbonyl (C=O) groups is 3. The second-order valence-electron chi connectivity index (χ2n) is 12.3. The van der Waals surface area contributed by atoms with Gasteiger partial charge in [0.15, 0.2) is 0 Å². The summed E-state index contributed by atoms with van der Waals surface area (Å²) >= 11 is 0. The molecule has 5 rings (SSSR count). The highest BCUT2D eigenvalue weighted by Gasteiger charge is 2.69. The molecule has 4 aliphatic rings. The zero-order valence-corrected chi connectivity index (χ0v) is 21.7. The summed E-state index contributed by atoms with van der Waals surface area (Å²) in [7, 11) is 0. The standard InChI is InChI=1S/C27H36N2O8/c1-12-5-6-19-25(2,3)22(33)18(31)10-26(19,4)27(12)9-14-17(30)7-13-15(21(14)37-27)11-29(23(13)34)16(24(35)36)8-20(28)32/h7,12,16,18-19,22,30-31,33H,5-6,8-11H2,1-4H3,(H2,28,32)(H,35,36). The van der Waals surface area contributed by atoms with E-state index in [1.54, 1.807) is 0 Å². The number of phenols is 1. The average molecular weight is 517 g/mol. The summed E-state index contributed by atoms with van der Waals surface area (Å²) in [6, 6.07) is -0.0736. The van der Waals surface area contributed by atoms with E-state index >= 15 is 0 Å². The summed E-state index contributed by atoms with van der Waals surface area (Å²) in [5, 5.41) is 42.5. The lowest BCUT2D eigenvalue weighted by Gasteiger charge is -2.64. The molecular formula is C27H36N2O8. The Morgan fingerprint density at radius 3 is 2.51 bits per heavy atom. The van der Waals surface area contributed by atoms with E-state index in [1.807, 2.05) is 13.8 Å². The number of aliphatic hydroxyl groups is 2. The zero-order chi connectivity index (χ0) is 27.2. The van der Waals surface area contributed by atoms with Crippen molar-refractivity contribution in [1.29, 1.82) is 0 Å². The van der Waals surface area contributed by atoms with Crippen molar-refractivity contribution < 1.29 is 39.5 Å². The predicted octanol–water partition coefficient (Wildman–Crippen LogP) is 1.55. The quantitative estimate of drug-likeness (QED) is 0.401. The van der Waals surface area contributed by atoms with Gasteiger partial charge in [-0.15, -0.1) is 0 Å². The minimum atomic E-state index is -1.43. The Kier molecular flexibility index (Phi) is 5.63. The normalized spacial score (nSPS) is 36.5. The lowest BCUT2D eigenvalue weighted by Crippen LogP contribution is -2.69. The van der Waals surface area contributed by atoms with Gasteiger partial charge in [-0.25, -0.2) is 4.79 Å². The third-order valence-corrected chi connectivity index (χ3v) is 10.1. The number of carboxylic acid groups (broad SMARTS) is 1. The van der Waals surface area contributed by atoms with Crippen LogP contribution < -0.4 is 10.5 Å². The minimum Gasteiger partial charge on any atom is -0.508 e. The molecule has 2 aliphatic heterocycles. The van der Waals surface area contributed by atoms with Crippen molar-refractivity contribution in [2.75, 3.05) is 0 Å². The number of phenolic OH excluding ortho intramolecular Hbond substituents is 1. The molecule has 1 aromatic rings. The number of hydrogen-bond donors (Lipinski definition) is 5. The van der Waals surface area contributed by atoms with Crippen molar-refractivity contribution in [1.82, 2.24) is 4.90 Å². The highest BCUT2D eigenvalue weighted by atomic mass is 16.5. The molecule has 2 aliphatic carbocycles. The van der Waals surface area contributed by atoms with Gasteiger partial charge in [0.2, 0.25) is 5.91 Å². The molecule has 2 heterocycles. The summed E-state index contributed by atoms with van der Waals surface area (Å²) in [6.07, 6.45) is 0.0447. The first kappa shape index (κ1) is 25.8. The van der Waals surface area contributed by atoms with Crippen LogP contribution in [0.15, 0.2) is 6.07 Å². The molecule has 7 atom stereocenters. The van der Waals surface area contributed by atoms with Crippen LogP contribution in [0.2, 0.25) is 0 Å². The molecule has 7 unspecified atom stereocenters. The molecule has 202 valence electrons. The summed E-state index contributed by atoms with van der Waals surface area (Å²) in [6.45, 7) is 8.06. The third-order valence-electron chi connectivity index (χ3n) is 10.1. The van der Waals surface area contributed by atoms with Crippen LogP contribution in [-0.4, -0.2) is 67.0 Å². The van der Waals surface area contributed by atoms with Crippen LogP contribution in [0.1, 0.15) is 74.9 Å². The van der Waals surface area contributed by atoms with Gasteiger partial charge in [0, 0.05) is 23.0 Å². The van der Waals surface area contributed by atoms with E-state index in [4.69, 9.17) is 10.5 Å². The average Bonchev–Trinajstić information content (AvgIpc) is 3.35. The van der Waals surface area contributed by atoms with Crippen molar-refractivity contribution in [3.05, 3.63) is 22.8 Å². The number of carboxylic acids is 1. The lowest BCUT2D eigenvalue weighted by molar-refractivity contribution is -0.240. The van der Waals surface area contributed by atoms with Gasteiger partial charge in [0.25, 0.3) is 5.91 Å². The van der Waals surface area contributed by atoms with E-state index in [-0.39, 0.29) is 29.7 Å². The Bertz CT molecular complexity index is 1200. The van der Waals surface area contributed by atoms with Crippen LogP contribution in [-0.2, 0) is 22.6 Å². The number of fused-ring (bicyclic) bond motifs is 5. The maximum atomic E-state index is 13.2. The SMILES string of the molecule is CC1CCC2C(C)(C)C(O)C(O)CC2(C)C12Cc1c(O)cc3c(c1O2)CN(C(CC(N)=O)C(=O)O)C3=O. The molecule has 6 N–H and O–H groups in total. The number of ether oxygens (including phenoxy) is 1. The number of hydrogen-bond acceptors (Lipinski definition) is 7. The summed E-state index contributed by atoms with van der Waals surface area (Å²) < 4.78 is 6.87. The number of amides is 2. The Hall–Kier alpha value is -2.85. The van der Waals surface area contributed by atoms with Crippen molar-refractivity contribution in [3.63, 3.8) is 0 Å². The van der Waals surface area contributed by atoms with Gasteiger partial charge in [-0.05, 0) is 42.6 Å². The van der Waals surface area contributed by atoms with E-state index < -0.39 is 58.9 Å². The number of aromatic hydroxyl groups is 1. The Morgan fingerprint density at radius 1 is 1.22 bits per heavy atom. The Balaban J connectivity index is 1.59. The van der Waals surface area contributed by atoms with Crippen molar-refractivity contribution in [3.8, 4) is 11.5 Å². The van der Waals surface area contributed by atoms with Gasteiger partial charge < -0.3 is 35.8 Å². The van der Waals surface area contributed by atoms with Crippen LogP contribution in [0.25, 0.3) is 0 Å². The molecule has 0 radical (unpaired) electrons. The first-order valence-corrected chi connectivity index (χ1v) is 12.9. The van der Waals surface area contributed by atoms with E-state index in [0.717, 1.165) is 17.7 Å². The molecule has 1 spiro atoms. The van der Waals surface area contributed by atoms with Crippen molar-refractivity contribution >= 4 is 17.8 Å². The van der Waals surface area contributed by atoms with Crippen LogP contribution in [0.4, 0.5) is 0 Å². The number of benzene rings is 1. The van der Waals surface area contributed by atoms with E-state index in [1.165, 1.54) is 6.07 Å². The van der Waals surface area contributed by atoms with Crippen molar-refractivity contribution in [2.24, 2.45) is 28.4 Å². The molecular weight excluding hydrogens is 480 g/mol. The Morgan fingerprint density at radius 2 is 1.89 bits per heavy atom. The first-order valence-electron chi connectivity index (χ1n) is 12.9. The fraction of sp³-hybridized carbons (Fsp3) is 0.667. The number of primary amides is 1. The zero-order valence-electron chi connectivity index (χ0n) is 21.7. The number of rotatable bonds is 4. The number of nitrogens with two attached hydrogens (primary N) is 1. The van der Waals surface area contributed by atoms with Crippen LogP contribution in [0.5, 0.6) is 11.5 Å². The van der Waals surface area contributed by atoms with Gasteiger partial charge >= 0.3 is 5.97 Å². The molecule has 0 saturated heterocycles. The maximum absolute atomic E-state index is 13.2. The van der Waals surface area contributed by atoms with Gasteiger partial charge in [0.05, 0.1) is 30.7 Å². The van der Waals surface area contributed by atoms with Gasteiger partial charge in [-0.2, -0.15) is 0 Å². The molecule has 2 saturated carbocycles. The molecule has 0 aromatic heterocycles. The fourth-order valence-electron chi connectivity index (χ4n) is 8.20. The fourth-order valence-corrected chi connectivity index (χ4v) is 8.20.